The molecule has 0 aliphatic rings. The molecule has 0 fully saturated rings. The van der Waals surface area contributed by atoms with Crippen LogP contribution in [-0.2, 0) is 6.42 Å². The third-order valence-electron chi connectivity index (χ3n) is 2.12. The van der Waals surface area contributed by atoms with Crippen LogP contribution < -0.4 is 5.73 Å². The SMILES string of the molecule is N#Cc1ccc(CCC(O)CN)cc1. The van der Waals surface area contributed by atoms with E-state index in [1.165, 1.54) is 0 Å². The Hall–Kier alpha value is -1.37. The van der Waals surface area contributed by atoms with Gasteiger partial charge in [0.05, 0.1) is 17.7 Å². The van der Waals surface area contributed by atoms with E-state index >= 15 is 0 Å². The predicted octanol–water partition coefficient (Wildman–Crippen LogP) is 0.810. The lowest BCUT2D eigenvalue weighted by Gasteiger charge is -2.06. The molecule has 1 aromatic rings. The van der Waals surface area contributed by atoms with E-state index in [1.54, 1.807) is 12.1 Å². The topological polar surface area (TPSA) is 70.0 Å². The number of rotatable bonds is 4. The van der Waals surface area contributed by atoms with Crippen molar-refractivity contribution in [3.05, 3.63) is 35.4 Å². The van der Waals surface area contributed by atoms with Gasteiger partial charge in [0, 0.05) is 6.54 Å². The zero-order valence-electron chi connectivity index (χ0n) is 7.98. The van der Waals surface area contributed by atoms with E-state index in [1.807, 2.05) is 12.1 Å². The maximum Gasteiger partial charge on any atom is 0.0991 e. The summed E-state index contributed by atoms with van der Waals surface area (Å²) in [5.74, 6) is 0. The Morgan fingerprint density at radius 3 is 2.50 bits per heavy atom. The molecule has 0 spiro atoms. The van der Waals surface area contributed by atoms with Crippen molar-refractivity contribution in [2.45, 2.75) is 18.9 Å². The third-order valence-corrected chi connectivity index (χ3v) is 2.12. The molecule has 1 aromatic carbocycles. The van der Waals surface area contributed by atoms with E-state index in [0.717, 1.165) is 12.0 Å². The van der Waals surface area contributed by atoms with Gasteiger partial charge >= 0.3 is 0 Å². The van der Waals surface area contributed by atoms with Crippen molar-refractivity contribution in [1.29, 1.82) is 5.26 Å². The molecule has 1 unspecified atom stereocenters. The number of hydrogen-bond acceptors (Lipinski definition) is 3. The third kappa shape index (κ3) is 3.17. The Morgan fingerprint density at radius 2 is 2.00 bits per heavy atom. The van der Waals surface area contributed by atoms with Gasteiger partial charge < -0.3 is 10.8 Å². The quantitative estimate of drug-likeness (QED) is 0.738. The molecule has 0 aliphatic heterocycles. The first kappa shape index (κ1) is 10.7. The molecule has 0 aromatic heterocycles. The fraction of sp³-hybridized carbons (Fsp3) is 0.364. The molecular formula is C11H14N2O. The van der Waals surface area contributed by atoms with E-state index in [4.69, 9.17) is 11.0 Å². The average molecular weight is 190 g/mol. The fourth-order valence-corrected chi connectivity index (χ4v) is 1.20. The van der Waals surface area contributed by atoms with Crippen LogP contribution in [0.15, 0.2) is 24.3 Å². The number of hydrogen-bond donors (Lipinski definition) is 2. The Bertz CT molecular complexity index is 313. The van der Waals surface area contributed by atoms with Gasteiger partial charge in [-0.1, -0.05) is 12.1 Å². The number of nitrogens with zero attached hydrogens (tertiary/aromatic N) is 1. The molecule has 0 aliphatic carbocycles. The minimum atomic E-state index is -0.425. The van der Waals surface area contributed by atoms with E-state index in [-0.39, 0.29) is 0 Å². The first-order valence-corrected chi connectivity index (χ1v) is 4.63. The highest BCUT2D eigenvalue weighted by atomic mass is 16.3. The number of aliphatic hydroxyl groups excluding tert-OH is 1. The van der Waals surface area contributed by atoms with Gasteiger partial charge in [-0.25, -0.2) is 0 Å². The zero-order valence-corrected chi connectivity index (χ0v) is 7.98. The van der Waals surface area contributed by atoms with Gasteiger partial charge in [0.1, 0.15) is 0 Å². The lowest BCUT2D eigenvalue weighted by atomic mass is 10.1. The maximum atomic E-state index is 9.24. The Morgan fingerprint density at radius 1 is 1.36 bits per heavy atom. The molecule has 0 amide bonds. The smallest absolute Gasteiger partial charge is 0.0991 e. The highest BCUT2D eigenvalue weighted by Gasteiger charge is 2.01. The zero-order chi connectivity index (χ0) is 10.4. The Kier molecular flexibility index (Phi) is 4.11. The molecule has 14 heavy (non-hydrogen) atoms. The van der Waals surface area contributed by atoms with Crippen molar-refractivity contribution >= 4 is 0 Å². The number of aliphatic hydroxyl groups is 1. The van der Waals surface area contributed by atoms with Crippen molar-refractivity contribution in [3.63, 3.8) is 0 Å². The number of nitrogens with two attached hydrogens (primary N) is 1. The Balaban J connectivity index is 2.49. The van der Waals surface area contributed by atoms with Crippen molar-refractivity contribution in [2.75, 3.05) is 6.54 Å². The van der Waals surface area contributed by atoms with Gasteiger partial charge in [-0.15, -0.1) is 0 Å². The van der Waals surface area contributed by atoms with Crippen LogP contribution >= 0.6 is 0 Å². The van der Waals surface area contributed by atoms with Crippen LogP contribution in [0.2, 0.25) is 0 Å². The lowest BCUT2D eigenvalue weighted by molar-refractivity contribution is 0.173. The van der Waals surface area contributed by atoms with Crippen molar-refractivity contribution in [3.8, 4) is 6.07 Å². The molecule has 1 rings (SSSR count). The van der Waals surface area contributed by atoms with Gasteiger partial charge in [0.15, 0.2) is 0 Å². The molecular weight excluding hydrogens is 176 g/mol. The molecule has 0 radical (unpaired) electrons. The summed E-state index contributed by atoms with van der Waals surface area (Å²) in [5.41, 5.74) is 7.07. The Labute approximate surface area is 83.8 Å². The number of nitriles is 1. The first-order chi connectivity index (χ1) is 6.76. The normalized spacial score (nSPS) is 12.1. The summed E-state index contributed by atoms with van der Waals surface area (Å²) in [6.07, 6.45) is 1.04. The summed E-state index contributed by atoms with van der Waals surface area (Å²) >= 11 is 0. The highest BCUT2D eigenvalue weighted by Crippen LogP contribution is 2.07. The minimum Gasteiger partial charge on any atom is -0.392 e. The van der Waals surface area contributed by atoms with Crippen LogP contribution in [0.25, 0.3) is 0 Å². The summed E-state index contributed by atoms with van der Waals surface area (Å²) in [6, 6.07) is 9.43. The second kappa shape index (κ2) is 5.38. The summed E-state index contributed by atoms with van der Waals surface area (Å²) in [4.78, 5) is 0. The highest BCUT2D eigenvalue weighted by molar-refractivity contribution is 5.31. The van der Waals surface area contributed by atoms with Gasteiger partial charge in [-0.3, -0.25) is 0 Å². The van der Waals surface area contributed by atoms with E-state index in [9.17, 15) is 5.11 Å². The van der Waals surface area contributed by atoms with Gasteiger partial charge in [0.2, 0.25) is 0 Å². The van der Waals surface area contributed by atoms with Crippen LogP contribution in [0.5, 0.6) is 0 Å². The van der Waals surface area contributed by atoms with Crippen LogP contribution in [0.1, 0.15) is 17.5 Å². The van der Waals surface area contributed by atoms with Crippen LogP contribution in [-0.4, -0.2) is 17.8 Å². The van der Waals surface area contributed by atoms with Crippen LogP contribution in [0.3, 0.4) is 0 Å². The monoisotopic (exact) mass is 190 g/mol. The molecule has 3 N–H and O–H groups in total. The van der Waals surface area contributed by atoms with E-state index in [0.29, 0.717) is 18.5 Å². The molecule has 1 atom stereocenters. The molecule has 0 saturated carbocycles. The minimum absolute atomic E-state index is 0.302. The molecule has 3 heteroatoms. The second-order valence-electron chi connectivity index (χ2n) is 3.24. The molecule has 0 heterocycles. The predicted molar refractivity (Wildman–Crippen MR) is 54.5 cm³/mol. The van der Waals surface area contributed by atoms with Crippen molar-refractivity contribution < 1.29 is 5.11 Å². The first-order valence-electron chi connectivity index (χ1n) is 4.63. The number of benzene rings is 1. The van der Waals surface area contributed by atoms with Crippen LogP contribution in [0, 0.1) is 11.3 Å². The van der Waals surface area contributed by atoms with E-state index < -0.39 is 6.10 Å². The molecule has 0 saturated heterocycles. The molecule has 0 bridgehead atoms. The van der Waals surface area contributed by atoms with Crippen LogP contribution in [0.4, 0.5) is 0 Å². The van der Waals surface area contributed by atoms with Gasteiger partial charge in [-0.2, -0.15) is 5.26 Å². The summed E-state index contributed by atoms with van der Waals surface area (Å²) in [6.45, 7) is 0.302. The second-order valence-corrected chi connectivity index (χ2v) is 3.24. The van der Waals surface area contributed by atoms with E-state index in [2.05, 4.69) is 6.07 Å². The van der Waals surface area contributed by atoms with Crippen molar-refractivity contribution in [1.82, 2.24) is 0 Å². The molecule has 74 valence electrons. The summed E-state index contributed by atoms with van der Waals surface area (Å²) in [5, 5.41) is 17.8. The van der Waals surface area contributed by atoms with Crippen molar-refractivity contribution in [2.24, 2.45) is 5.73 Å². The molecule has 3 nitrogen and oxygen atoms in total. The lowest BCUT2D eigenvalue weighted by Crippen LogP contribution is -2.20. The standard InChI is InChI=1S/C11H14N2O/c12-7-10-3-1-9(2-4-10)5-6-11(14)8-13/h1-4,11,14H,5-6,8,13H2. The average Bonchev–Trinajstić information content (AvgIpc) is 2.26. The number of aryl methyl sites for hydroxylation is 1. The largest absolute Gasteiger partial charge is 0.392 e. The van der Waals surface area contributed by atoms with Gasteiger partial charge in [0.25, 0.3) is 0 Å². The summed E-state index contributed by atoms with van der Waals surface area (Å²) < 4.78 is 0. The fourth-order valence-electron chi connectivity index (χ4n) is 1.20. The summed E-state index contributed by atoms with van der Waals surface area (Å²) in [7, 11) is 0. The maximum absolute atomic E-state index is 9.24. The van der Waals surface area contributed by atoms with Gasteiger partial charge in [-0.05, 0) is 30.5 Å².